The molecule has 1 N–H and O–H groups in total. The van der Waals surface area contributed by atoms with Gasteiger partial charge in [-0.05, 0) is 19.3 Å². The molecule has 5 nitrogen and oxygen atoms in total. The molecule has 1 unspecified atom stereocenters. The maximum absolute atomic E-state index is 5.41. The summed E-state index contributed by atoms with van der Waals surface area (Å²) >= 11 is 0. The Hall–Kier alpha value is -1.52. The van der Waals surface area contributed by atoms with E-state index in [2.05, 4.69) is 41.0 Å². The van der Waals surface area contributed by atoms with Gasteiger partial charge in [0, 0.05) is 20.1 Å². The van der Waals surface area contributed by atoms with Crippen molar-refractivity contribution in [2.45, 2.75) is 33.2 Å². The third kappa shape index (κ3) is 3.24. The van der Waals surface area contributed by atoms with Crippen LogP contribution >= 0.6 is 0 Å². The molecular weight excluding hydrogens is 228 g/mol. The van der Waals surface area contributed by atoms with Crippen molar-refractivity contribution in [2.75, 3.05) is 31.4 Å². The van der Waals surface area contributed by atoms with Crippen LogP contribution in [-0.4, -0.2) is 37.2 Å². The third-order valence-electron chi connectivity index (χ3n) is 3.03. The van der Waals surface area contributed by atoms with Gasteiger partial charge in [0.05, 0.1) is 7.11 Å². The van der Waals surface area contributed by atoms with Crippen molar-refractivity contribution < 1.29 is 4.74 Å². The number of rotatable bonds is 6. The molecular formula is C13H24N4O. The van der Waals surface area contributed by atoms with Gasteiger partial charge in [0.2, 0.25) is 5.75 Å². The van der Waals surface area contributed by atoms with Crippen LogP contribution < -0.4 is 15.0 Å². The van der Waals surface area contributed by atoms with E-state index in [1.54, 1.807) is 13.4 Å². The predicted octanol–water partition coefficient (Wildman–Crippen LogP) is 2.40. The number of hydrogen-bond donors (Lipinski definition) is 1. The molecule has 5 heteroatoms. The molecule has 0 bridgehead atoms. The lowest BCUT2D eigenvalue weighted by Crippen LogP contribution is -2.31. The first-order valence-electron chi connectivity index (χ1n) is 6.30. The van der Waals surface area contributed by atoms with E-state index >= 15 is 0 Å². The maximum atomic E-state index is 5.41. The Morgan fingerprint density at radius 2 is 2.00 bits per heavy atom. The summed E-state index contributed by atoms with van der Waals surface area (Å²) in [6.07, 6.45) is 2.67. The van der Waals surface area contributed by atoms with Crippen molar-refractivity contribution in [1.29, 1.82) is 0 Å². The van der Waals surface area contributed by atoms with E-state index in [0.717, 1.165) is 12.2 Å². The normalized spacial score (nSPS) is 12.4. The predicted molar refractivity (Wildman–Crippen MR) is 75.5 cm³/mol. The first-order valence-corrected chi connectivity index (χ1v) is 6.30. The summed E-state index contributed by atoms with van der Waals surface area (Å²) in [5.74, 6) is 2.88. The molecule has 0 spiro atoms. The van der Waals surface area contributed by atoms with Crippen LogP contribution in [-0.2, 0) is 0 Å². The number of aromatic nitrogens is 2. The molecule has 0 fully saturated rings. The van der Waals surface area contributed by atoms with E-state index in [0.29, 0.717) is 23.5 Å². The smallest absolute Gasteiger partial charge is 0.204 e. The second-order valence-corrected chi connectivity index (χ2v) is 4.92. The van der Waals surface area contributed by atoms with Crippen LogP contribution in [0.4, 0.5) is 11.6 Å². The standard InChI is InChI=1S/C13H24N4O/c1-9(2)7-10(3)17(5)13-11(18-6)12(14-4)15-8-16-13/h8-10H,7H2,1-6H3,(H,14,15,16). The van der Waals surface area contributed by atoms with Crippen LogP contribution in [0.1, 0.15) is 27.2 Å². The summed E-state index contributed by atoms with van der Waals surface area (Å²) in [6, 6.07) is 0.401. The van der Waals surface area contributed by atoms with Gasteiger partial charge in [0.15, 0.2) is 11.6 Å². The van der Waals surface area contributed by atoms with E-state index < -0.39 is 0 Å². The summed E-state index contributed by atoms with van der Waals surface area (Å²) in [5.41, 5.74) is 0. The van der Waals surface area contributed by atoms with Crippen LogP contribution in [0.15, 0.2) is 6.33 Å². The van der Waals surface area contributed by atoms with E-state index in [1.807, 2.05) is 14.1 Å². The van der Waals surface area contributed by atoms with Crippen molar-refractivity contribution in [3.63, 3.8) is 0 Å². The first-order chi connectivity index (χ1) is 8.51. The zero-order chi connectivity index (χ0) is 13.7. The van der Waals surface area contributed by atoms with E-state index in [9.17, 15) is 0 Å². The average molecular weight is 252 g/mol. The molecule has 0 aromatic carbocycles. The van der Waals surface area contributed by atoms with Crippen LogP contribution in [0, 0.1) is 5.92 Å². The van der Waals surface area contributed by atoms with Gasteiger partial charge in [-0.2, -0.15) is 0 Å². The molecule has 0 aliphatic carbocycles. The van der Waals surface area contributed by atoms with Gasteiger partial charge >= 0.3 is 0 Å². The summed E-state index contributed by atoms with van der Waals surface area (Å²) in [4.78, 5) is 10.6. The summed E-state index contributed by atoms with van der Waals surface area (Å²) < 4.78 is 5.41. The average Bonchev–Trinajstić information content (AvgIpc) is 2.35. The van der Waals surface area contributed by atoms with Gasteiger partial charge in [0.1, 0.15) is 6.33 Å². The monoisotopic (exact) mass is 252 g/mol. The Morgan fingerprint density at radius 1 is 1.33 bits per heavy atom. The van der Waals surface area contributed by atoms with Crippen LogP contribution in [0.3, 0.4) is 0 Å². The van der Waals surface area contributed by atoms with Crippen LogP contribution in [0.5, 0.6) is 5.75 Å². The number of nitrogens with zero attached hydrogens (tertiary/aromatic N) is 3. The van der Waals surface area contributed by atoms with Gasteiger partial charge in [0.25, 0.3) is 0 Å². The molecule has 0 saturated carbocycles. The van der Waals surface area contributed by atoms with E-state index in [-0.39, 0.29) is 0 Å². The zero-order valence-electron chi connectivity index (χ0n) is 12.2. The fourth-order valence-electron chi connectivity index (χ4n) is 2.03. The molecule has 1 heterocycles. The Labute approximate surface area is 110 Å². The lowest BCUT2D eigenvalue weighted by Gasteiger charge is -2.28. The largest absolute Gasteiger partial charge is 0.490 e. The molecule has 0 aliphatic rings. The Balaban J connectivity index is 3.01. The second kappa shape index (κ2) is 6.42. The summed E-state index contributed by atoms with van der Waals surface area (Å²) in [6.45, 7) is 6.64. The number of nitrogens with one attached hydrogen (secondary N) is 1. The fourth-order valence-corrected chi connectivity index (χ4v) is 2.03. The Bertz CT molecular complexity index is 381. The Kier molecular flexibility index (Phi) is 5.19. The fraction of sp³-hybridized carbons (Fsp3) is 0.692. The van der Waals surface area contributed by atoms with Gasteiger partial charge in [-0.3, -0.25) is 0 Å². The lowest BCUT2D eigenvalue weighted by atomic mass is 10.0. The van der Waals surface area contributed by atoms with Crippen LogP contribution in [0.2, 0.25) is 0 Å². The maximum Gasteiger partial charge on any atom is 0.204 e. The minimum atomic E-state index is 0.401. The summed E-state index contributed by atoms with van der Waals surface area (Å²) in [5, 5.41) is 3.02. The van der Waals surface area contributed by atoms with Crippen molar-refractivity contribution in [3.8, 4) is 5.75 Å². The van der Waals surface area contributed by atoms with E-state index in [4.69, 9.17) is 4.74 Å². The molecule has 1 rings (SSSR count). The van der Waals surface area contributed by atoms with Crippen molar-refractivity contribution >= 4 is 11.6 Å². The molecule has 1 atom stereocenters. The number of hydrogen-bond acceptors (Lipinski definition) is 5. The highest BCUT2D eigenvalue weighted by atomic mass is 16.5. The van der Waals surface area contributed by atoms with Crippen molar-refractivity contribution in [1.82, 2.24) is 9.97 Å². The summed E-state index contributed by atoms with van der Waals surface area (Å²) in [7, 11) is 5.51. The first kappa shape index (κ1) is 14.5. The van der Waals surface area contributed by atoms with Gasteiger partial charge < -0.3 is 15.0 Å². The highest BCUT2D eigenvalue weighted by Crippen LogP contribution is 2.32. The molecule has 18 heavy (non-hydrogen) atoms. The van der Waals surface area contributed by atoms with Crippen molar-refractivity contribution in [3.05, 3.63) is 6.33 Å². The molecule has 102 valence electrons. The van der Waals surface area contributed by atoms with Gasteiger partial charge in [-0.25, -0.2) is 9.97 Å². The number of ether oxygens (including phenoxy) is 1. The minimum absolute atomic E-state index is 0.401. The second-order valence-electron chi connectivity index (χ2n) is 4.92. The van der Waals surface area contributed by atoms with Gasteiger partial charge in [-0.1, -0.05) is 13.8 Å². The lowest BCUT2D eigenvalue weighted by molar-refractivity contribution is 0.409. The highest BCUT2D eigenvalue weighted by Gasteiger charge is 2.19. The third-order valence-corrected chi connectivity index (χ3v) is 3.03. The molecule has 0 aliphatic heterocycles. The molecule has 1 aromatic heterocycles. The number of methoxy groups -OCH3 is 1. The van der Waals surface area contributed by atoms with E-state index in [1.165, 1.54) is 0 Å². The van der Waals surface area contributed by atoms with Gasteiger partial charge in [-0.15, -0.1) is 0 Å². The topological polar surface area (TPSA) is 50.3 Å². The molecule has 0 amide bonds. The molecule has 0 radical (unpaired) electrons. The zero-order valence-corrected chi connectivity index (χ0v) is 12.2. The molecule has 0 saturated heterocycles. The van der Waals surface area contributed by atoms with Crippen molar-refractivity contribution in [2.24, 2.45) is 5.92 Å². The minimum Gasteiger partial charge on any atom is -0.490 e. The SMILES string of the molecule is CNc1ncnc(N(C)C(C)CC(C)C)c1OC. The number of anilines is 2. The Morgan fingerprint density at radius 3 is 2.50 bits per heavy atom. The quantitative estimate of drug-likeness (QED) is 0.842. The molecule has 1 aromatic rings. The highest BCUT2D eigenvalue weighted by molar-refractivity contribution is 5.64. The van der Waals surface area contributed by atoms with Crippen LogP contribution in [0.25, 0.3) is 0 Å².